The maximum atomic E-state index is 12.6. The maximum absolute atomic E-state index is 12.6. The van der Waals surface area contributed by atoms with E-state index in [-0.39, 0.29) is 18.5 Å². The van der Waals surface area contributed by atoms with Crippen molar-refractivity contribution in [2.75, 3.05) is 13.2 Å². The summed E-state index contributed by atoms with van der Waals surface area (Å²) in [4.78, 5) is 24.6. The van der Waals surface area contributed by atoms with Gasteiger partial charge in [0.2, 0.25) is 5.91 Å². The molecule has 0 aromatic heterocycles. The Labute approximate surface area is 564 Å². The van der Waals surface area contributed by atoms with E-state index in [0.717, 1.165) is 44.9 Å². The zero-order valence-corrected chi connectivity index (χ0v) is 61.4. The lowest BCUT2D eigenvalue weighted by molar-refractivity contribution is -0.143. The van der Waals surface area contributed by atoms with E-state index in [0.29, 0.717) is 25.9 Å². The van der Waals surface area contributed by atoms with Gasteiger partial charge in [0, 0.05) is 12.8 Å². The third-order valence-corrected chi connectivity index (χ3v) is 19.8. The summed E-state index contributed by atoms with van der Waals surface area (Å²) >= 11 is 0. The van der Waals surface area contributed by atoms with Crippen LogP contribution in [0.15, 0.2) is 24.3 Å². The number of hydrogen-bond acceptors (Lipinski definition) is 5. The van der Waals surface area contributed by atoms with E-state index < -0.39 is 12.1 Å². The molecule has 0 bridgehead atoms. The molecule has 534 valence electrons. The SMILES string of the molecule is CCCCCCCCCCCCCCCCCCCCCCCCCCCC(O)C(CO)NC(=O)CCCCCCCCCCCCCCCCCCC/C=C\C/C=C\CCCCCCCCCCCCCOC(=O)CCCCCCCCCCCCCCC. The molecule has 0 saturated heterocycles. The van der Waals surface area contributed by atoms with Gasteiger partial charge < -0.3 is 20.3 Å². The van der Waals surface area contributed by atoms with Gasteiger partial charge in [0.25, 0.3) is 0 Å². The molecule has 0 aromatic rings. The van der Waals surface area contributed by atoms with Crippen molar-refractivity contribution in [1.29, 1.82) is 0 Å². The molecule has 0 fully saturated rings. The quantitative estimate of drug-likeness (QED) is 0.0320. The van der Waals surface area contributed by atoms with Gasteiger partial charge in [-0.1, -0.05) is 430 Å². The zero-order valence-electron chi connectivity index (χ0n) is 61.4. The van der Waals surface area contributed by atoms with Gasteiger partial charge in [-0.2, -0.15) is 0 Å². The van der Waals surface area contributed by atoms with Crippen molar-refractivity contribution in [2.45, 2.75) is 488 Å². The van der Waals surface area contributed by atoms with Crippen molar-refractivity contribution < 1.29 is 24.5 Å². The second-order valence-corrected chi connectivity index (χ2v) is 28.8. The van der Waals surface area contributed by atoms with E-state index >= 15 is 0 Å². The van der Waals surface area contributed by atoms with Crippen LogP contribution in [-0.4, -0.2) is 47.4 Å². The fourth-order valence-corrected chi connectivity index (χ4v) is 13.4. The highest BCUT2D eigenvalue weighted by Crippen LogP contribution is 2.20. The van der Waals surface area contributed by atoms with Crippen LogP contribution >= 0.6 is 0 Å². The lowest BCUT2D eigenvalue weighted by Crippen LogP contribution is -2.45. The normalized spacial score (nSPS) is 12.5. The summed E-state index contributed by atoms with van der Waals surface area (Å²) in [5.41, 5.74) is 0. The van der Waals surface area contributed by atoms with E-state index in [2.05, 4.69) is 43.5 Å². The minimum atomic E-state index is -0.664. The number of unbranched alkanes of at least 4 members (excludes halogenated alkanes) is 64. The van der Waals surface area contributed by atoms with Crippen LogP contribution in [0.3, 0.4) is 0 Å². The Balaban J connectivity index is 3.37. The molecule has 0 aliphatic rings. The van der Waals surface area contributed by atoms with Gasteiger partial charge in [0.15, 0.2) is 0 Å². The summed E-state index contributed by atoms with van der Waals surface area (Å²) in [6.45, 7) is 5.01. The van der Waals surface area contributed by atoms with Crippen LogP contribution in [0.1, 0.15) is 476 Å². The van der Waals surface area contributed by atoms with Gasteiger partial charge in [-0.15, -0.1) is 0 Å². The molecule has 0 heterocycles. The number of carbonyl (C=O) groups is 2. The number of allylic oxidation sites excluding steroid dienone is 4. The van der Waals surface area contributed by atoms with Gasteiger partial charge in [-0.25, -0.2) is 0 Å². The highest BCUT2D eigenvalue weighted by molar-refractivity contribution is 5.76. The molecule has 90 heavy (non-hydrogen) atoms. The largest absolute Gasteiger partial charge is 0.466 e. The second kappa shape index (κ2) is 79.8. The van der Waals surface area contributed by atoms with Gasteiger partial charge in [0.1, 0.15) is 0 Å². The number of ether oxygens (including phenoxy) is 1. The Morgan fingerprint density at radius 3 is 0.844 bits per heavy atom. The highest BCUT2D eigenvalue weighted by Gasteiger charge is 2.20. The molecule has 1 amide bonds. The van der Waals surface area contributed by atoms with Crippen molar-refractivity contribution in [3.63, 3.8) is 0 Å². The standard InChI is InChI=1S/C84H163NO5/c1-3-5-7-9-11-13-15-17-18-19-20-21-22-34-37-40-43-46-49-53-56-60-64-68-72-76-82(87)81(80-86)85-83(88)77-73-69-65-61-57-54-50-47-44-41-38-35-32-30-28-26-24-23-25-27-29-31-33-36-39-42-45-48-51-55-59-63-67-71-75-79-90-84(89)78-74-70-66-62-58-52-16-14-12-10-8-6-4-2/h25,27,31,33,81-82,86-87H,3-24,26,28-30,32,34-80H2,1-2H3,(H,85,88)/b27-25-,33-31-. The monoisotopic (exact) mass is 1270 g/mol. The number of amides is 1. The summed E-state index contributed by atoms with van der Waals surface area (Å²) in [5.74, 6) is -0.00701. The number of nitrogens with one attached hydrogen (secondary N) is 1. The van der Waals surface area contributed by atoms with Gasteiger partial charge >= 0.3 is 5.97 Å². The smallest absolute Gasteiger partial charge is 0.305 e. The molecule has 0 spiro atoms. The predicted octanol–water partition coefficient (Wildman–Crippen LogP) is 27.6. The van der Waals surface area contributed by atoms with Crippen LogP contribution in [0.5, 0.6) is 0 Å². The van der Waals surface area contributed by atoms with Crippen molar-refractivity contribution in [1.82, 2.24) is 5.32 Å². The Morgan fingerprint density at radius 2 is 0.556 bits per heavy atom. The molecule has 0 aromatic carbocycles. The summed E-state index contributed by atoms with van der Waals surface area (Å²) in [5, 5.41) is 23.5. The Bertz CT molecular complexity index is 1410. The fourth-order valence-electron chi connectivity index (χ4n) is 13.4. The molecule has 2 unspecified atom stereocenters. The Hall–Kier alpha value is -1.66. The van der Waals surface area contributed by atoms with Crippen LogP contribution in [0.2, 0.25) is 0 Å². The molecule has 6 nitrogen and oxygen atoms in total. The first-order valence-corrected chi connectivity index (χ1v) is 41.6. The fraction of sp³-hybridized carbons (Fsp3) is 0.929. The molecule has 2 atom stereocenters. The van der Waals surface area contributed by atoms with Gasteiger partial charge in [-0.3, -0.25) is 9.59 Å². The van der Waals surface area contributed by atoms with E-state index in [1.165, 1.54) is 398 Å². The number of aliphatic hydroxyl groups is 2. The van der Waals surface area contributed by atoms with Gasteiger partial charge in [-0.05, 0) is 57.8 Å². The van der Waals surface area contributed by atoms with E-state index in [1.807, 2.05) is 0 Å². The minimum absolute atomic E-state index is 0.0194. The minimum Gasteiger partial charge on any atom is -0.466 e. The molecule has 0 radical (unpaired) electrons. The second-order valence-electron chi connectivity index (χ2n) is 28.8. The molecule has 3 N–H and O–H groups in total. The maximum Gasteiger partial charge on any atom is 0.305 e. The molecule has 6 heteroatoms. The van der Waals surface area contributed by atoms with Crippen molar-refractivity contribution in [2.24, 2.45) is 0 Å². The Kier molecular flexibility index (Phi) is 78.3. The summed E-state index contributed by atoms with van der Waals surface area (Å²) < 4.78 is 5.49. The average Bonchev–Trinajstić information content (AvgIpc) is 3.70. The first-order valence-electron chi connectivity index (χ1n) is 41.6. The molecular formula is C84H163NO5. The topological polar surface area (TPSA) is 95.9 Å². The van der Waals surface area contributed by atoms with E-state index in [4.69, 9.17) is 4.74 Å². The number of aliphatic hydroxyl groups excluding tert-OH is 2. The predicted molar refractivity (Wildman–Crippen MR) is 398 cm³/mol. The zero-order chi connectivity index (χ0) is 64.9. The average molecular weight is 1270 g/mol. The Morgan fingerprint density at radius 1 is 0.311 bits per heavy atom. The van der Waals surface area contributed by atoms with E-state index in [9.17, 15) is 19.8 Å². The van der Waals surface area contributed by atoms with Crippen LogP contribution < -0.4 is 5.32 Å². The molecule has 0 aliphatic heterocycles. The number of hydrogen-bond donors (Lipinski definition) is 3. The van der Waals surface area contributed by atoms with Crippen molar-refractivity contribution in [3.05, 3.63) is 24.3 Å². The van der Waals surface area contributed by atoms with Crippen LogP contribution in [0.4, 0.5) is 0 Å². The third-order valence-electron chi connectivity index (χ3n) is 19.8. The highest BCUT2D eigenvalue weighted by atomic mass is 16.5. The number of esters is 1. The lowest BCUT2D eigenvalue weighted by Gasteiger charge is -2.22. The molecule has 0 rings (SSSR count). The number of rotatable bonds is 79. The molecule has 0 aliphatic carbocycles. The van der Waals surface area contributed by atoms with Crippen molar-refractivity contribution >= 4 is 11.9 Å². The summed E-state index contributed by atoms with van der Waals surface area (Å²) in [6.07, 6.45) is 103. The van der Waals surface area contributed by atoms with Crippen LogP contribution in [0, 0.1) is 0 Å². The van der Waals surface area contributed by atoms with Gasteiger partial charge in [0.05, 0.1) is 25.4 Å². The first kappa shape index (κ1) is 88.3. The van der Waals surface area contributed by atoms with E-state index in [1.54, 1.807) is 0 Å². The molecular weight excluding hydrogens is 1100 g/mol. The van der Waals surface area contributed by atoms with Crippen molar-refractivity contribution in [3.8, 4) is 0 Å². The molecule has 0 saturated carbocycles. The first-order chi connectivity index (χ1) is 44.5. The van der Waals surface area contributed by atoms with Crippen LogP contribution in [0.25, 0.3) is 0 Å². The summed E-state index contributed by atoms with van der Waals surface area (Å²) in [7, 11) is 0. The van der Waals surface area contributed by atoms with Crippen LogP contribution in [-0.2, 0) is 14.3 Å². The lowest BCUT2D eigenvalue weighted by atomic mass is 10.0. The third kappa shape index (κ3) is 75.4. The number of carbonyl (C=O) groups excluding carboxylic acids is 2. The summed E-state index contributed by atoms with van der Waals surface area (Å²) in [6, 6.07) is -0.541.